The van der Waals surface area contributed by atoms with Crippen LogP contribution in [-0.2, 0) is 21.9 Å². The number of imidazole rings is 1. The highest BCUT2D eigenvalue weighted by Gasteiger charge is 2.33. The van der Waals surface area contributed by atoms with Crippen molar-refractivity contribution < 1.29 is 17.6 Å². The number of nitrogens with one attached hydrogen (secondary N) is 1. The fourth-order valence-electron chi connectivity index (χ4n) is 4.09. The highest BCUT2D eigenvalue weighted by Crippen LogP contribution is 2.26. The van der Waals surface area contributed by atoms with E-state index in [1.54, 1.807) is 48.8 Å². The Labute approximate surface area is 193 Å². The van der Waals surface area contributed by atoms with Crippen molar-refractivity contribution in [3.8, 4) is 0 Å². The molecule has 1 atom stereocenters. The van der Waals surface area contributed by atoms with Crippen LogP contribution in [-0.4, -0.2) is 41.3 Å². The fraction of sp³-hybridized carbons (Fsp3) is 0.333. The van der Waals surface area contributed by atoms with Crippen LogP contribution in [0.1, 0.15) is 35.8 Å². The van der Waals surface area contributed by atoms with Crippen molar-refractivity contribution in [1.29, 1.82) is 0 Å². The molecule has 1 N–H and O–H groups in total. The Bertz CT molecular complexity index is 1220. The topological polar surface area (TPSA) is 84.3 Å². The largest absolute Gasteiger partial charge is 0.342 e. The number of aryl methyl sites for hydroxylation is 2. The van der Waals surface area contributed by atoms with E-state index in [9.17, 15) is 17.6 Å². The zero-order valence-electron chi connectivity index (χ0n) is 18.6. The number of nitrogens with zero attached hydrogens (tertiary/aromatic N) is 3. The van der Waals surface area contributed by atoms with E-state index in [-0.39, 0.29) is 35.6 Å². The number of carbonyl (C=O) groups excluding carboxylic acids is 1. The van der Waals surface area contributed by atoms with Gasteiger partial charge in [0.1, 0.15) is 17.7 Å². The number of aromatic nitrogens is 2. The van der Waals surface area contributed by atoms with Gasteiger partial charge in [0.05, 0.1) is 4.90 Å². The summed E-state index contributed by atoms with van der Waals surface area (Å²) in [6.07, 6.45) is 4.28. The van der Waals surface area contributed by atoms with Gasteiger partial charge in [-0.3, -0.25) is 4.79 Å². The summed E-state index contributed by atoms with van der Waals surface area (Å²) in [4.78, 5) is 17.8. The van der Waals surface area contributed by atoms with Crippen molar-refractivity contribution >= 4 is 15.9 Å². The van der Waals surface area contributed by atoms with E-state index >= 15 is 0 Å². The number of sulfonamides is 1. The second-order valence-electron chi connectivity index (χ2n) is 8.38. The minimum Gasteiger partial charge on any atom is -0.342 e. The molecule has 1 fully saturated rings. The molecule has 2 heterocycles. The first kappa shape index (κ1) is 23.1. The number of carbonyl (C=O) groups is 1. The molecular formula is C24H27FN4O3S. The monoisotopic (exact) mass is 470 g/mol. The van der Waals surface area contributed by atoms with E-state index in [1.807, 2.05) is 18.5 Å². The van der Waals surface area contributed by atoms with Gasteiger partial charge >= 0.3 is 0 Å². The van der Waals surface area contributed by atoms with Gasteiger partial charge in [0.15, 0.2) is 0 Å². The van der Waals surface area contributed by atoms with E-state index in [4.69, 9.17) is 0 Å². The normalized spacial score (nSPS) is 16.5. The Kier molecular flexibility index (Phi) is 6.62. The van der Waals surface area contributed by atoms with Crippen molar-refractivity contribution in [3.05, 3.63) is 83.7 Å². The zero-order valence-corrected chi connectivity index (χ0v) is 19.4. The quantitative estimate of drug-likeness (QED) is 0.600. The molecule has 1 saturated heterocycles. The number of amides is 1. The van der Waals surface area contributed by atoms with Crippen molar-refractivity contribution in [2.45, 2.75) is 30.7 Å². The molecule has 9 heteroatoms. The maximum absolute atomic E-state index is 13.4. The fourth-order valence-corrected chi connectivity index (χ4v) is 5.55. The third-order valence-electron chi connectivity index (χ3n) is 6.09. The summed E-state index contributed by atoms with van der Waals surface area (Å²) in [7, 11) is -1.75. The smallest absolute Gasteiger partial charge is 0.243 e. The second kappa shape index (κ2) is 9.44. The summed E-state index contributed by atoms with van der Waals surface area (Å²) in [6, 6.07) is 12.2. The van der Waals surface area contributed by atoms with Crippen molar-refractivity contribution in [2.75, 3.05) is 13.1 Å². The van der Waals surface area contributed by atoms with E-state index in [0.717, 1.165) is 11.1 Å². The van der Waals surface area contributed by atoms with E-state index < -0.39 is 16.1 Å². The minimum absolute atomic E-state index is 0.167. The maximum atomic E-state index is 13.4. The Morgan fingerprint density at radius 2 is 1.73 bits per heavy atom. The van der Waals surface area contributed by atoms with Gasteiger partial charge in [-0.15, -0.1) is 0 Å². The van der Waals surface area contributed by atoms with Gasteiger partial charge in [0, 0.05) is 38.4 Å². The zero-order chi connectivity index (χ0) is 23.6. The lowest BCUT2D eigenvalue weighted by molar-refractivity contribution is -0.126. The van der Waals surface area contributed by atoms with Gasteiger partial charge in [0.25, 0.3) is 0 Å². The van der Waals surface area contributed by atoms with Crippen molar-refractivity contribution in [1.82, 2.24) is 19.2 Å². The van der Waals surface area contributed by atoms with Crippen LogP contribution in [0.15, 0.2) is 65.8 Å². The SMILES string of the molecule is Cc1ccc(S(=O)(=O)N2CCC(C(=O)NC(c3ccc(F)cc3)c3nccn3C)CC2)cc1. The Morgan fingerprint density at radius 1 is 1.09 bits per heavy atom. The van der Waals surface area contributed by atoms with Crippen LogP contribution in [0.5, 0.6) is 0 Å². The second-order valence-corrected chi connectivity index (χ2v) is 10.3. The molecule has 1 unspecified atom stereocenters. The van der Waals surface area contributed by atoms with Crippen LogP contribution in [0.3, 0.4) is 0 Å². The molecule has 0 aliphatic carbocycles. The molecule has 7 nitrogen and oxygen atoms in total. The van der Waals surface area contributed by atoms with Crippen LogP contribution in [0.4, 0.5) is 4.39 Å². The summed E-state index contributed by atoms with van der Waals surface area (Å²) < 4.78 is 42.6. The van der Waals surface area contributed by atoms with Gasteiger partial charge in [-0.25, -0.2) is 17.8 Å². The van der Waals surface area contributed by atoms with Crippen LogP contribution in [0.25, 0.3) is 0 Å². The lowest BCUT2D eigenvalue weighted by Crippen LogP contribution is -2.44. The van der Waals surface area contributed by atoms with E-state index in [0.29, 0.717) is 18.7 Å². The number of benzene rings is 2. The van der Waals surface area contributed by atoms with Crippen LogP contribution in [0, 0.1) is 18.7 Å². The minimum atomic E-state index is -3.59. The third kappa shape index (κ3) is 4.99. The summed E-state index contributed by atoms with van der Waals surface area (Å²) in [5.74, 6) is -0.211. The van der Waals surface area contributed by atoms with Crippen molar-refractivity contribution in [3.63, 3.8) is 0 Å². The van der Waals surface area contributed by atoms with Crippen LogP contribution < -0.4 is 5.32 Å². The first-order valence-corrected chi connectivity index (χ1v) is 12.3. The van der Waals surface area contributed by atoms with E-state index in [2.05, 4.69) is 10.3 Å². The predicted octanol–water partition coefficient (Wildman–Crippen LogP) is 3.17. The molecule has 0 bridgehead atoms. The highest BCUT2D eigenvalue weighted by molar-refractivity contribution is 7.89. The number of piperidine rings is 1. The number of hydrogen-bond acceptors (Lipinski definition) is 4. The lowest BCUT2D eigenvalue weighted by Gasteiger charge is -2.31. The molecule has 174 valence electrons. The summed E-state index contributed by atoms with van der Waals surface area (Å²) in [5, 5.41) is 3.04. The Balaban J connectivity index is 1.45. The molecule has 2 aromatic carbocycles. The molecule has 1 aliphatic heterocycles. The van der Waals surface area contributed by atoms with E-state index in [1.165, 1.54) is 16.4 Å². The lowest BCUT2D eigenvalue weighted by atomic mass is 9.96. The molecule has 0 saturated carbocycles. The van der Waals surface area contributed by atoms with Crippen LogP contribution in [0.2, 0.25) is 0 Å². The molecule has 4 rings (SSSR count). The molecule has 0 radical (unpaired) electrons. The number of halogens is 1. The molecule has 1 amide bonds. The molecule has 1 aromatic heterocycles. The summed E-state index contributed by atoms with van der Waals surface area (Å²) >= 11 is 0. The Hall–Kier alpha value is -3.04. The molecule has 0 spiro atoms. The highest BCUT2D eigenvalue weighted by atomic mass is 32.2. The summed E-state index contributed by atoms with van der Waals surface area (Å²) in [5.41, 5.74) is 1.71. The van der Waals surface area contributed by atoms with Gasteiger partial charge in [-0.2, -0.15) is 4.31 Å². The van der Waals surface area contributed by atoms with Crippen LogP contribution >= 0.6 is 0 Å². The first-order valence-electron chi connectivity index (χ1n) is 10.9. The third-order valence-corrected chi connectivity index (χ3v) is 8.00. The molecule has 3 aromatic rings. The maximum Gasteiger partial charge on any atom is 0.243 e. The number of rotatable bonds is 6. The van der Waals surface area contributed by atoms with Gasteiger partial charge < -0.3 is 9.88 Å². The molecule has 1 aliphatic rings. The first-order chi connectivity index (χ1) is 15.8. The van der Waals surface area contributed by atoms with Crippen molar-refractivity contribution in [2.24, 2.45) is 13.0 Å². The molecule has 33 heavy (non-hydrogen) atoms. The summed E-state index contributed by atoms with van der Waals surface area (Å²) in [6.45, 7) is 2.46. The number of hydrogen-bond donors (Lipinski definition) is 1. The van der Waals surface area contributed by atoms with Gasteiger partial charge in [-0.1, -0.05) is 29.8 Å². The Morgan fingerprint density at radius 3 is 2.30 bits per heavy atom. The standard InChI is InChI=1S/C24H27FN4O3S/c1-17-3-9-21(10-4-17)33(31,32)29-14-11-19(12-15-29)24(30)27-22(23-26-13-16-28(23)2)18-5-7-20(25)8-6-18/h3-10,13,16,19,22H,11-12,14-15H2,1-2H3,(H,27,30). The van der Waals surface area contributed by atoms with Gasteiger partial charge in [-0.05, 0) is 49.6 Å². The average molecular weight is 471 g/mol. The average Bonchev–Trinajstić information content (AvgIpc) is 3.24. The van der Waals surface area contributed by atoms with Gasteiger partial charge in [0.2, 0.25) is 15.9 Å². The molecular weight excluding hydrogens is 443 g/mol. The predicted molar refractivity (Wildman–Crippen MR) is 122 cm³/mol.